The minimum Gasteiger partial charge on any atom is -0.507 e. The van der Waals surface area contributed by atoms with Crippen molar-refractivity contribution in [3.63, 3.8) is 0 Å². The maximum absolute atomic E-state index is 15.6. The molecule has 3 fully saturated rings. The molecule has 5 aromatic rings. The van der Waals surface area contributed by atoms with E-state index in [1.165, 1.54) is 37.4 Å². The minimum absolute atomic E-state index is 0.0271. The summed E-state index contributed by atoms with van der Waals surface area (Å²) >= 11 is 12.8. The fourth-order valence-electron chi connectivity index (χ4n) is 9.72. The number of non-ortho nitro benzene ring substituents is 1. The molecule has 4 aliphatic rings. The van der Waals surface area contributed by atoms with Gasteiger partial charge in [0.05, 0.1) is 51.6 Å². The Bertz CT molecular complexity index is 2600. The van der Waals surface area contributed by atoms with Crippen LogP contribution in [0.25, 0.3) is 10.8 Å². The lowest BCUT2D eigenvalue weighted by Gasteiger charge is -2.51. The fourth-order valence-corrected chi connectivity index (χ4v) is 10.2. The van der Waals surface area contributed by atoms with E-state index in [1.54, 1.807) is 60.7 Å². The van der Waals surface area contributed by atoms with Crippen LogP contribution < -0.4 is 15.1 Å². The number of phenols is 1. The van der Waals surface area contributed by atoms with Gasteiger partial charge in [-0.05, 0) is 83.8 Å². The van der Waals surface area contributed by atoms with Gasteiger partial charge in [-0.3, -0.25) is 39.6 Å². The van der Waals surface area contributed by atoms with Gasteiger partial charge < -0.3 is 9.84 Å². The molecule has 0 aromatic heterocycles. The van der Waals surface area contributed by atoms with Crippen LogP contribution in [0.1, 0.15) is 29.9 Å². The van der Waals surface area contributed by atoms with Gasteiger partial charge in [-0.1, -0.05) is 77.3 Å². The van der Waals surface area contributed by atoms with Crippen molar-refractivity contribution < 1.29 is 33.9 Å². The third-order valence-electron chi connectivity index (χ3n) is 12.1. The number of hydrogen-bond acceptors (Lipinski definition) is 9. The van der Waals surface area contributed by atoms with Crippen molar-refractivity contribution in [1.29, 1.82) is 0 Å². The number of nitrogens with zero attached hydrogens (tertiary/aromatic N) is 3. The Kier molecular flexibility index (Phi) is 8.59. The number of hydrazine groups is 1. The number of benzene rings is 5. The van der Waals surface area contributed by atoms with Crippen LogP contribution in [0.2, 0.25) is 10.0 Å². The second kappa shape index (κ2) is 13.5. The standard InChI is InChI=1S/C43H32Cl2N4O8/c1-57-26-13-6-22(7-14-26)43-33(40(52)48(42(43)54)46-35-18-8-23(44)20-34(35)45)21-32-30(38(43)29-17-19-36(50)28-5-3-2-4-27(28)29)15-16-31-37(32)41(53)47(39(31)51)24-9-11-25(12-10-24)49(55)56/h2-15,17-20,31-33,37-38,46,50H,16,21H2,1H3/t31-,32+,33-,37-,38-,43+/m0/s1. The van der Waals surface area contributed by atoms with E-state index in [4.69, 9.17) is 27.9 Å². The summed E-state index contributed by atoms with van der Waals surface area (Å²) in [6, 6.07) is 27.5. The number of allylic oxidation sites excluding steroid dienone is 2. The smallest absolute Gasteiger partial charge is 0.269 e. The first kappa shape index (κ1) is 36.4. The highest BCUT2D eigenvalue weighted by Crippen LogP contribution is 2.65. The molecule has 9 rings (SSSR count). The number of imide groups is 2. The third-order valence-corrected chi connectivity index (χ3v) is 12.7. The highest BCUT2D eigenvalue weighted by atomic mass is 35.5. The molecule has 5 aromatic carbocycles. The first-order valence-corrected chi connectivity index (χ1v) is 19.0. The molecule has 6 atom stereocenters. The number of halogens is 2. The number of aromatic hydroxyl groups is 1. The second-order valence-electron chi connectivity index (χ2n) is 14.7. The lowest BCUT2D eigenvalue weighted by Crippen LogP contribution is -2.53. The molecule has 14 heteroatoms. The number of carbonyl (C=O) groups is 4. The van der Waals surface area contributed by atoms with Crippen molar-refractivity contribution in [2.45, 2.75) is 24.2 Å². The zero-order valence-corrected chi connectivity index (χ0v) is 31.6. The van der Waals surface area contributed by atoms with Gasteiger partial charge in [-0.2, -0.15) is 5.01 Å². The lowest BCUT2D eigenvalue weighted by molar-refractivity contribution is -0.384. The Morgan fingerprint density at radius 1 is 0.860 bits per heavy atom. The maximum Gasteiger partial charge on any atom is 0.269 e. The van der Waals surface area contributed by atoms with Crippen LogP contribution in [0, 0.1) is 33.8 Å². The van der Waals surface area contributed by atoms with Crippen molar-refractivity contribution in [3.05, 3.63) is 146 Å². The van der Waals surface area contributed by atoms with E-state index in [-0.39, 0.29) is 40.7 Å². The molecule has 2 N–H and O–H groups in total. The van der Waals surface area contributed by atoms with E-state index in [1.807, 2.05) is 18.2 Å². The van der Waals surface area contributed by atoms with Crippen LogP contribution >= 0.6 is 23.2 Å². The number of nitrogens with one attached hydrogen (secondary N) is 1. The largest absolute Gasteiger partial charge is 0.507 e. The quantitative estimate of drug-likeness (QED) is 0.0721. The third kappa shape index (κ3) is 5.34. The molecular formula is C43H32Cl2N4O8. The van der Waals surface area contributed by atoms with E-state index >= 15 is 9.59 Å². The highest BCUT2D eigenvalue weighted by molar-refractivity contribution is 6.36. The van der Waals surface area contributed by atoms with Crippen LogP contribution in [-0.2, 0) is 24.6 Å². The van der Waals surface area contributed by atoms with Crippen molar-refractivity contribution >= 4 is 74.7 Å². The molecule has 2 aliphatic heterocycles. The lowest BCUT2D eigenvalue weighted by atomic mass is 9.49. The number of phenolic OH excluding ortho intramolecular Hbond substituents is 1. The molecule has 0 spiro atoms. The normalized spacial score (nSPS) is 25.2. The number of hydrogen-bond donors (Lipinski definition) is 2. The Morgan fingerprint density at radius 3 is 2.26 bits per heavy atom. The topological polar surface area (TPSA) is 159 Å². The molecule has 2 saturated heterocycles. The van der Waals surface area contributed by atoms with Gasteiger partial charge in [0.1, 0.15) is 11.5 Å². The molecule has 0 bridgehead atoms. The Morgan fingerprint density at radius 2 is 1.58 bits per heavy atom. The molecule has 4 amide bonds. The minimum atomic E-state index is -1.60. The fraction of sp³-hybridized carbons (Fsp3) is 0.209. The summed E-state index contributed by atoms with van der Waals surface area (Å²) in [6.07, 6.45) is 2.15. The van der Waals surface area contributed by atoms with E-state index in [0.717, 1.165) is 15.5 Å². The van der Waals surface area contributed by atoms with Crippen molar-refractivity contribution in [2.24, 2.45) is 23.7 Å². The summed E-state index contributed by atoms with van der Waals surface area (Å²) < 4.78 is 5.49. The predicted octanol–water partition coefficient (Wildman–Crippen LogP) is 7.96. The van der Waals surface area contributed by atoms with Gasteiger partial charge in [0, 0.05) is 28.5 Å². The summed E-state index contributed by atoms with van der Waals surface area (Å²) in [5.41, 5.74) is 3.58. The van der Waals surface area contributed by atoms with Crippen LogP contribution in [0.4, 0.5) is 17.1 Å². The first-order valence-electron chi connectivity index (χ1n) is 18.2. The zero-order valence-electron chi connectivity index (χ0n) is 30.1. The molecule has 0 radical (unpaired) electrons. The number of fused-ring (bicyclic) bond motifs is 5. The van der Waals surface area contributed by atoms with E-state index < -0.39 is 63.6 Å². The average molecular weight is 804 g/mol. The Labute approximate surface area is 335 Å². The van der Waals surface area contributed by atoms with Crippen molar-refractivity contribution in [1.82, 2.24) is 5.01 Å². The van der Waals surface area contributed by atoms with Gasteiger partial charge in [0.15, 0.2) is 0 Å². The predicted molar refractivity (Wildman–Crippen MR) is 212 cm³/mol. The summed E-state index contributed by atoms with van der Waals surface area (Å²) in [7, 11) is 1.53. The molecule has 12 nitrogen and oxygen atoms in total. The summed E-state index contributed by atoms with van der Waals surface area (Å²) in [6.45, 7) is 0. The van der Waals surface area contributed by atoms with Gasteiger partial charge in [0.25, 0.3) is 17.5 Å². The van der Waals surface area contributed by atoms with Crippen LogP contribution in [0.3, 0.4) is 0 Å². The molecule has 286 valence electrons. The molecule has 2 aliphatic carbocycles. The highest BCUT2D eigenvalue weighted by Gasteiger charge is 2.70. The first-order chi connectivity index (χ1) is 27.4. The number of amides is 4. The Hall–Kier alpha value is -6.24. The zero-order chi connectivity index (χ0) is 39.9. The molecular weight excluding hydrogens is 771 g/mol. The SMILES string of the molecule is COc1ccc([C@@]23C(=O)N(Nc4ccc(Cl)cc4Cl)C(=O)[C@@H]2C[C@@H]2C(=CC[C@@H]4C(=O)N(c5ccc([N+](=O)[O-])cc5)C(=O)[C@@H]42)[C@@H]3c2ccc(O)c3ccccc23)cc1. The second-order valence-corrected chi connectivity index (χ2v) is 15.6. The number of nitro benzene ring substituents is 1. The van der Waals surface area contributed by atoms with Gasteiger partial charge in [0.2, 0.25) is 11.8 Å². The number of anilines is 2. The van der Waals surface area contributed by atoms with Crippen LogP contribution in [0.15, 0.2) is 115 Å². The Balaban J connectivity index is 1.26. The number of rotatable bonds is 7. The number of nitro groups is 1. The number of methoxy groups -OCH3 is 1. The van der Waals surface area contributed by atoms with Gasteiger partial charge in [-0.25, -0.2) is 0 Å². The van der Waals surface area contributed by atoms with E-state index in [0.29, 0.717) is 32.7 Å². The van der Waals surface area contributed by atoms with Crippen molar-refractivity contribution in [3.8, 4) is 11.5 Å². The summed E-state index contributed by atoms with van der Waals surface area (Å²) in [5, 5.41) is 25.2. The molecule has 1 saturated carbocycles. The summed E-state index contributed by atoms with van der Waals surface area (Å²) in [4.78, 5) is 71.4. The van der Waals surface area contributed by atoms with Gasteiger partial charge >= 0.3 is 0 Å². The monoisotopic (exact) mass is 802 g/mol. The van der Waals surface area contributed by atoms with Crippen molar-refractivity contribution in [2.75, 3.05) is 17.4 Å². The molecule has 2 heterocycles. The number of carbonyl (C=O) groups excluding carboxylic acids is 4. The van der Waals surface area contributed by atoms with Crippen LogP contribution in [0.5, 0.6) is 11.5 Å². The molecule has 0 unspecified atom stereocenters. The average Bonchev–Trinajstić information content (AvgIpc) is 3.60. The van der Waals surface area contributed by atoms with Crippen LogP contribution in [-0.4, -0.2) is 45.8 Å². The maximum atomic E-state index is 15.6. The van der Waals surface area contributed by atoms with E-state index in [9.17, 15) is 24.8 Å². The van der Waals surface area contributed by atoms with Gasteiger partial charge in [-0.15, -0.1) is 0 Å². The molecule has 57 heavy (non-hydrogen) atoms. The summed E-state index contributed by atoms with van der Waals surface area (Å²) in [5.74, 6) is -5.76. The number of ether oxygens (including phenoxy) is 1. The van der Waals surface area contributed by atoms with E-state index in [2.05, 4.69) is 5.43 Å².